The van der Waals surface area contributed by atoms with Crippen LogP contribution in [0.4, 0.5) is 0 Å². The Kier molecular flexibility index (Phi) is 4.78. The summed E-state index contributed by atoms with van der Waals surface area (Å²) in [7, 11) is 0. The van der Waals surface area contributed by atoms with Crippen molar-refractivity contribution >= 4 is 5.91 Å². The molecule has 0 aliphatic carbocycles. The fourth-order valence-electron chi connectivity index (χ4n) is 2.84. The Balaban J connectivity index is 1.51. The molecule has 0 fully saturated rings. The largest absolute Gasteiger partial charge is 0.454 e. The number of hydrogen-bond acceptors (Lipinski definition) is 6. The number of carbonyl (C=O) groups excluding carboxylic acids is 1. The summed E-state index contributed by atoms with van der Waals surface area (Å²) in [5.74, 6) is 2.12. The number of fused-ring (bicyclic) bond motifs is 1. The van der Waals surface area contributed by atoms with Crippen molar-refractivity contribution in [2.24, 2.45) is 0 Å². The first-order chi connectivity index (χ1) is 13.2. The van der Waals surface area contributed by atoms with Crippen LogP contribution in [0.3, 0.4) is 0 Å². The van der Waals surface area contributed by atoms with Gasteiger partial charge in [0.2, 0.25) is 18.5 Å². The molecule has 0 atom stereocenters. The minimum Gasteiger partial charge on any atom is -0.454 e. The molecule has 1 amide bonds. The number of aromatic nitrogens is 3. The molecule has 1 aliphatic rings. The van der Waals surface area contributed by atoms with Crippen molar-refractivity contribution in [2.45, 2.75) is 26.3 Å². The number of benzene rings is 1. The molecule has 3 heterocycles. The molecule has 0 radical (unpaired) electrons. The van der Waals surface area contributed by atoms with E-state index in [1.165, 1.54) is 0 Å². The smallest absolute Gasteiger partial charge is 0.274 e. The van der Waals surface area contributed by atoms with Crippen LogP contribution in [0.25, 0.3) is 23.0 Å². The molecule has 4 rings (SSSR count). The van der Waals surface area contributed by atoms with Crippen LogP contribution in [0, 0.1) is 0 Å². The van der Waals surface area contributed by atoms with Gasteiger partial charge in [-0.05, 0) is 36.8 Å². The van der Waals surface area contributed by atoms with E-state index in [0.717, 1.165) is 18.4 Å². The Morgan fingerprint density at radius 2 is 2.15 bits per heavy atom. The average molecular weight is 368 g/mol. The average Bonchev–Trinajstić information content (AvgIpc) is 3.41. The molecule has 3 aromatic rings. The van der Waals surface area contributed by atoms with E-state index in [9.17, 15) is 4.79 Å². The van der Waals surface area contributed by atoms with Crippen LogP contribution in [-0.2, 0) is 11.3 Å². The van der Waals surface area contributed by atoms with Gasteiger partial charge in [0.25, 0.3) is 5.89 Å². The van der Waals surface area contributed by atoms with Gasteiger partial charge >= 0.3 is 0 Å². The van der Waals surface area contributed by atoms with Crippen molar-refractivity contribution in [3.63, 3.8) is 0 Å². The van der Waals surface area contributed by atoms with Crippen LogP contribution in [0.1, 0.15) is 19.8 Å². The summed E-state index contributed by atoms with van der Waals surface area (Å²) in [5, 5.41) is 6.96. The lowest BCUT2D eigenvalue weighted by molar-refractivity contribution is -0.121. The molecule has 1 aliphatic heterocycles. The molecule has 2 aromatic heterocycles. The predicted octanol–water partition coefficient (Wildman–Crippen LogP) is 2.85. The molecule has 8 nitrogen and oxygen atoms in total. The molecule has 27 heavy (non-hydrogen) atoms. The van der Waals surface area contributed by atoms with Gasteiger partial charge in [0.1, 0.15) is 12.2 Å². The maximum Gasteiger partial charge on any atom is 0.274 e. The first kappa shape index (κ1) is 17.1. The second kappa shape index (κ2) is 7.53. The highest BCUT2D eigenvalue weighted by molar-refractivity contribution is 5.76. The molecule has 1 aromatic carbocycles. The molecule has 8 heteroatoms. The second-order valence-corrected chi connectivity index (χ2v) is 6.22. The van der Waals surface area contributed by atoms with E-state index in [0.29, 0.717) is 35.5 Å². The zero-order chi connectivity index (χ0) is 18.6. The minimum atomic E-state index is -0.0450. The zero-order valence-corrected chi connectivity index (χ0v) is 15.0. The van der Waals surface area contributed by atoms with E-state index in [1.807, 2.05) is 36.5 Å². The summed E-state index contributed by atoms with van der Waals surface area (Å²) in [6, 6.07) is 9.17. The maximum absolute atomic E-state index is 12.1. The molecule has 140 valence electrons. The number of ether oxygens (including phenoxy) is 2. The summed E-state index contributed by atoms with van der Waals surface area (Å²) in [4.78, 5) is 16.5. The van der Waals surface area contributed by atoms with Gasteiger partial charge in [-0.15, -0.1) is 0 Å². The van der Waals surface area contributed by atoms with Crippen molar-refractivity contribution in [3.05, 3.63) is 36.5 Å². The summed E-state index contributed by atoms with van der Waals surface area (Å²) >= 11 is 0. The topological polar surface area (TPSA) is 91.4 Å². The fourth-order valence-corrected chi connectivity index (χ4v) is 2.84. The third-order valence-corrected chi connectivity index (χ3v) is 4.27. The summed E-state index contributed by atoms with van der Waals surface area (Å²) in [6.07, 6.45) is 3.83. The number of unbranched alkanes of at least 4 members (excludes halogenated alkanes) is 1. The number of nitrogens with zero attached hydrogens (tertiary/aromatic N) is 3. The fraction of sp³-hybridized carbons (Fsp3) is 0.316. The van der Waals surface area contributed by atoms with E-state index < -0.39 is 0 Å². The van der Waals surface area contributed by atoms with Crippen LogP contribution in [-0.4, -0.2) is 34.0 Å². The van der Waals surface area contributed by atoms with Crippen molar-refractivity contribution in [2.75, 3.05) is 13.3 Å². The van der Waals surface area contributed by atoms with Crippen molar-refractivity contribution in [3.8, 4) is 34.5 Å². The first-order valence-electron chi connectivity index (χ1n) is 8.90. The molecule has 0 saturated heterocycles. The first-order valence-corrected chi connectivity index (χ1v) is 8.90. The van der Waals surface area contributed by atoms with Crippen LogP contribution in [0.2, 0.25) is 0 Å². The molecule has 0 spiro atoms. The normalized spacial score (nSPS) is 12.3. The van der Waals surface area contributed by atoms with Crippen molar-refractivity contribution < 1.29 is 18.8 Å². The lowest BCUT2D eigenvalue weighted by Crippen LogP contribution is -2.28. The third-order valence-electron chi connectivity index (χ3n) is 4.27. The summed E-state index contributed by atoms with van der Waals surface area (Å²) in [5.41, 5.74) is 1.46. The third kappa shape index (κ3) is 3.64. The Morgan fingerprint density at radius 1 is 1.26 bits per heavy atom. The van der Waals surface area contributed by atoms with Crippen LogP contribution in [0.15, 0.2) is 41.1 Å². The number of carbonyl (C=O) groups is 1. The van der Waals surface area contributed by atoms with Gasteiger partial charge < -0.3 is 23.9 Å². The molecular formula is C19H20N4O4. The van der Waals surface area contributed by atoms with Gasteiger partial charge in [-0.3, -0.25) is 4.79 Å². The Labute approximate surface area is 156 Å². The van der Waals surface area contributed by atoms with Gasteiger partial charge in [-0.25, -0.2) is 0 Å². The molecule has 1 N–H and O–H groups in total. The van der Waals surface area contributed by atoms with Gasteiger partial charge in [0.05, 0.1) is 0 Å². The van der Waals surface area contributed by atoms with E-state index in [-0.39, 0.29) is 19.2 Å². The highest BCUT2D eigenvalue weighted by Gasteiger charge is 2.18. The second-order valence-electron chi connectivity index (χ2n) is 6.22. The van der Waals surface area contributed by atoms with Gasteiger partial charge in [0, 0.05) is 18.3 Å². The number of hydrogen-bond donors (Lipinski definition) is 1. The van der Waals surface area contributed by atoms with E-state index >= 15 is 0 Å². The number of rotatable bonds is 7. The van der Waals surface area contributed by atoms with E-state index in [2.05, 4.69) is 22.4 Å². The van der Waals surface area contributed by atoms with Crippen molar-refractivity contribution in [1.29, 1.82) is 0 Å². The maximum atomic E-state index is 12.1. The van der Waals surface area contributed by atoms with Gasteiger partial charge in [0.15, 0.2) is 11.5 Å². The van der Waals surface area contributed by atoms with Gasteiger partial charge in [-0.1, -0.05) is 18.5 Å². The highest BCUT2D eigenvalue weighted by atomic mass is 16.7. The SMILES string of the molecule is CCCCNC(=O)Cn1cccc1-c1nc(-c2ccc3c(c2)OCO3)no1. The van der Waals surface area contributed by atoms with Crippen molar-refractivity contribution in [1.82, 2.24) is 20.0 Å². The lowest BCUT2D eigenvalue weighted by Gasteiger charge is -2.07. The summed E-state index contributed by atoms with van der Waals surface area (Å²) in [6.45, 7) is 3.18. The number of amides is 1. The Hall–Kier alpha value is -3.29. The molecule has 0 bridgehead atoms. The minimum absolute atomic E-state index is 0.0450. The van der Waals surface area contributed by atoms with Crippen LogP contribution >= 0.6 is 0 Å². The quantitative estimate of drug-likeness (QED) is 0.645. The van der Waals surface area contributed by atoms with Crippen LogP contribution < -0.4 is 14.8 Å². The zero-order valence-electron chi connectivity index (χ0n) is 15.0. The number of nitrogens with one attached hydrogen (secondary N) is 1. The Morgan fingerprint density at radius 3 is 3.04 bits per heavy atom. The molecule has 0 saturated carbocycles. The highest BCUT2D eigenvalue weighted by Crippen LogP contribution is 2.35. The molecular weight excluding hydrogens is 348 g/mol. The monoisotopic (exact) mass is 368 g/mol. The summed E-state index contributed by atoms with van der Waals surface area (Å²) < 4.78 is 17.9. The predicted molar refractivity (Wildman–Crippen MR) is 97.2 cm³/mol. The van der Waals surface area contributed by atoms with E-state index in [1.54, 1.807) is 4.57 Å². The molecule has 0 unspecified atom stereocenters. The Bertz CT molecular complexity index is 947. The van der Waals surface area contributed by atoms with Gasteiger partial charge in [-0.2, -0.15) is 4.98 Å². The van der Waals surface area contributed by atoms with Crippen LogP contribution in [0.5, 0.6) is 11.5 Å². The van der Waals surface area contributed by atoms with E-state index in [4.69, 9.17) is 14.0 Å². The standard InChI is InChI=1S/C19H20N4O4/c1-2-3-8-20-17(24)11-23-9-4-5-14(23)19-21-18(22-27-19)13-6-7-15-16(10-13)26-12-25-15/h4-7,9-10H,2-3,8,11-12H2,1H3,(H,20,24). The lowest BCUT2D eigenvalue weighted by atomic mass is 10.2.